The van der Waals surface area contributed by atoms with Crippen molar-refractivity contribution in [3.8, 4) is 11.3 Å². The van der Waals surface area contributed by atoms with Gasteiger partial charge in [-0.2, -0.15) is 10.2 Å². The van der Waals surface area contributed by atoms with Crippen molar-refractivity contribution in [2.45, 2.75) is 51.0 Å². The summed E-state index contributed by atoms with van der Waals surface area (Å²) < 4.78 is 55.4. The van der Waals surface area contributed by atoms with E-state index in [1.165, 1.54) is 15.2 Å². The van der Waals surface area contributed by atoms with Gasteiger partial charge >= 0.3 is 7.12 Å². The Morgan fingerprint density at radius 1 is 0.617 bits per heavy atom. The molecule has 20 nitrogen and oxygen atoms in total. The van der Waals surface area contributed by atoms with Gasteiger partial charge in [-0.05, 0) is 116 Å². The van der Waals surface area contributed by atoms with Gasteiger partial charge in [-0.25, -0.2) is 18.7 Å². The van der Waals surface area contributed by atoms with E-state index in [1.807, 2.05) is 70.4 Å². The first kappa shape index (κ1) is 57.9. The van der Waals surface area contributed by atoms with Crippen LogP contribution < -0.4 is 37.1 Å². The Kier molecular flexibility index (Phi) is 17.3. The molecule has 13 rings (SSSR count). The van der Waals surface area contributed by atoms with Crippen molar-refractivity contribution >= 4 is 109 Å². The van der Waals surface area contributed by atoms with Gasteiger partial charge in [0.15, 0.2) is 0 Å². The van der Waals surface area contributed by atoms with Crippen LogP contribution in [-0.4, -0.2) is 158 Å². The number of fused-ring (bicyclic) bond motifs is 2. The average Bonchev–Trinajstić information content (AvgIpc) is 4.36. The molecule has 6 aromatic heterocycles. The van der Waals surface area contributed by atoms with Crippen LogP contribution in [-0.2, 0) is 32.9 Å². The number of ether oxygens (including phenoxy) is 2. The van der Waals surface area contributed by atoms with Gasteiger partial charge in [0, 0.05) is 95.2 Å². The number of pyridine rings is 4. The molecule has 4 N–H and O–H groups in total. The molecule has 81 heavy (non-hydrogen) atoms. The van der Waals surface area contributed by atoms with Gasteiger partial charge in [0.05, 0.1) is 100 Å². The summed E-state index contributed by atoms with van der Waals surface area (Å²) in [7, 11) is 2.94. The molecule has 5 aliphatic rings. The number of H-pyrrole nitrogens is 2. The van der Waals surface area contributed by atoms with Crippen LogP contribution in [0, 0.1) is 11.6 Å². The number of piperazine rings is 2. The summed E-state index contributed by atoms with van der Waals surface area (Å²) in [5.74, 6) is 0.259. The monoisotopic (exact) mass is 1280 g/mol. The summed E-state index contributed by atoms with van der Waals surface area (Å²) in [5, 5.41) is 20.3. The van der Waals surface area contributed by atoms with Crippen LogP contribution in [0.3, 0.4) is 0 Å². The molecule has 0 bridgehead atoms. The summed E-state index contributed by atoms with van der Waals surface area (Å²) in [6, 6.07) is 22.2. The molecule has 25 heteroatoms. The molecule has 0 atom stereocenters. The third kappa shape index (κ3) is 12.1. The lowest BCUT2D eigenvalue weighted by Crippen LogP contribution is -2.56. The van der Waals surface area contributed by atoms with Gasteiger partial charge in [-0.3, -0.25) is 29.6 Å². The third-order valence-corrected chi connectivity index (χ3v) is 16.7. The summed E-state index contributed by atoms with van der Waals surface area (Å²) >= 11 is 3.21. The Hall–Kier alpha value is -6.33. The Morgan fingerprint density at radius 3 is 1.51 bits per heavy atom. The molecule has 0 amide bonds. The average molecular weight is 1290 g/mol. The topological polar surface area (TPSA) is 201 Å². The van der Waals surface area contributed by atoms with Crippen LogP contribution in [0.2, 0.25) is 0 Å². The lowest BCUT2D eigenvalue weighted by molar-refractivity contribution is -0.0660. The van der Waals surface area contributed by atoms with Gasteiger partial charge in [-0.1, -0.05) is 0 Å². The first-order valence-electron chi connectivity index (χ1n) is 26.8. The summed E-state index contributed by atoms with van der Waals surface area (Å²) in [4.78, 5) is 44.3. The normalized spacial score (nSPS) is 18.3. The Bertz CT molecular complexity index is 3580. The highest BCUT2D eigenvalue weighted by Crippen LogP contribution is 2.36. The summed E-state index contributed by atoms with van der Waals surface area (Å²) in [6.07, 6.45) is 6.89. The van der Waals surface area contributed by atoms with Crippen molar-refractivity contribution in [3.63, 3.8) is 0 Å². The highest BCUT2D eigenvalue weighted by Gasteiger charge is 2.52. The first-order valence-corrected chi connectivity index (χ1v) is 27.6. The fourth-order valence-electron chi connectivity index (χ4n) is 10.3. The molecule has 5 saturated heterocycles. The van der Waals surface area contributed by atoms with Crippen LogP contribution in [0.15, 0.2) is 112 Å². The van der Waals surface area contributed by atoms with E-state index in [2.05, 4.69) is 76.5 Å². The molecule has 5 aliphatic heterocycles. The van der Waals surface area contributed by atoms with Crippen LogP contribution >= 0.6 is 39.9 Å². The number of benzene rings is 2. The standard InChI is InChI=1S/C25H26FN7O2.C22H23BrFN5O2.C9H15BN2O2.HI/c1-31-22-4-3-18(20-6-7-28-30-20)24(26)19(22)12-21(25(31)34)29-23-5-2-16(13-27-23)32-8-10-33(11-9-32)17-14-35-15-17;1-27-19-4-3-17(23)21(24)16(19)10-18(22(27)30)26-20-5-2-14(11-25-20)28-6-8-29(9-7-28)15-12-31-13-15;1-8(2)9(3,4)14-10(13-8)7-5-6-11-12-7;/h2-7,12-13,17H,8-11,14-15H2,1H3,(H,27,29)(H,28,30);2-5,10-11,15H,6-9,12-13H2,1H3,(H,25,26);5-6H,1-4H3,(H,11,12);1H. The fourth-order valence-corrected chi connectivity index (χ4v) is 10.6. The molecular weight excluding hydrogens is 1220 g/mol. The van der Waals surface area contributed by atoms with E-state index in [-0.39, 0.29) is 64.8 Å². The molecule has 2 aromatic carbocycles. The second-order valence-electron chi connectivity index (χ2n) is 21.6. The van der Waals surface area contributed by atoms with Crippen LogP contribution in [0.4, 0.5) is 43.2 Å². The van der Waals surface area contributed by atoms with Crippen molar-refractivity contribution in [1.29, 1.82) is 0 Å². The third-order valence-electron chi connectivity index (χ3n) is 16.1. The largest absolute Gasteiger partial charge is 0.513 e. The minimum absolute atomic E-state index is 0. The van der Waals surface area contributed by atoms with E-state index in [1.54, 1.807) is 62.9 Å². The zero-order valence-electron chi connectivity index (χ0n) is 45.9. The smallest absolute Gasteiger partial charge is 0.398 e. The quantitative estimate of drug-likeness (QED) is 0.0794. The number of hydrogen-bond donors (Lipinski definition) is 4. The van der Waals surface area contributed by atoms with E-state index in [9.17, 15) is 14.0 Å². The number of nitrogens with zero attached hydrogens (tertiary/aromatic N) is 10. The molecule has 5 fully saturated rings. The van der Waals surface area contributed by atoms with Crippen LogP contribution in [0.5, 0.6) is 0 Å². The molecule has 0 aliphatic carbocycles. The molecule has 0 unspecified atom stereocenters. The van der Waals surface area contributed by atoms with Crippen LogP contribution in [0.1, 0.15) is 27.7 Å². The number of hydrogen-bond acceptors (Lipinski definition) is 16. The number of rotatable bonds is 10. The number of nitrogens with one attached hydrogen (secondary N) is 4. The maximum Gasteiger partial charge on any atom is 0.513 e. The minimum atomic E-state index is -0.415. The number of anilines is 6. The molecule has 11 heterocycles. The SMILES string of the molecule is CC1(C)OB(c2ccn[nH]2)OC1(C)C.Cn1c(=O)c(Nc2ccc(N3CCN(C4COC4)CC3)cn2)cc2c(F)c(-c3ccn[nH]3)ccc21.Cn1c(=O)c(Nc2ccc(N3CCN(C4COC4)CC3)cn2)cc2c(F)c(Br)ccc21.I. The number of aromatic nitrogens is 8. The predicted octanol–water partition coefficient (Wildman–Crippen LogP) is 7.15. The van der Waals surface area contributed by atoms with E-state index in [0.717, 1.165) is 95.8 Å². The second-order valence-corrected chi connectivity index (χ2v) is 22.4. The second kappa shape index (κ2) is 24.2. The lowest BCUT2D eigenvalue weighted by atomic mass is 9.85. The maximum absolute atomic E-state index is 15.4. The van der Waals surface area contributed by atoms with Crippen LogP contribution in [0.25, 0.3) is 33.1 Å². The maximum atomic E-state index is 15.4. The Labute approximate surface area is 492 Å². The molecular formula is C56H65BBrF2IN14O6. The molecule has 0 spiro atoms. The van der Waals surface area contributed by atoms with E-state index in [0.29, 0.717) is 61.3 Å². The molecule has 8 aromatic rings. The number of halogens is 4. The zero-order chi connectivity index (χ0) is 55.9. The Morgan fingerprint density at radius 2 is 1.09 bits per heavy atom. The molecule has 426 valence electrons. The minimum Gasteiger partial charge on any atom is -0.398 e. The van der Waals surface area contributed by atoms with Crippen molar-refractivity contribution in [1.82, 2.24) is 49.3 Å². The van der Waals surface area contributed by atoms with Gasteiger partial charge in [-0.15, -0.1) is 24.0 Å². The highest BCUT2D eigenvalue weighted by atomic mass is 127. The van der Waals surface area contributed by atoms with Crippen molar-refractivity contribution in [3.05, 3.63) is 134 Å². The fraction of sp³-hybridized carbons (Fsp3) is 0.393. The van der Waals surface area contributed by atoms with Gasteiger partial charge in [0.25, 0.3) is 11.1 Å². The predicted molar refractivity (Wildman–Crippen MR) is 325 cm³/mol. The van der Waals surface area contributed by atoms with Crippen molar-refractivity contribution in [2.75, 3.05) is 99.2 Å². The number of aromatic amines is 2. The highest BCUT2D eigenvalue weighted by molar-refractivity contribution is 14.0. The molecule has 0 saturated carbocycles. The van der Waals surface area contributed by atoms with E-state index in [4.69, 9.17) is 18.8 Å². The summed E-state index contributed by atoms with van der Waals surface area (Å²) in [5.41, 5.74) is 4.45. The first-order chi connectivity index (χ1) is 38.5. The summed E-state index contributed by atoms with van der Waals surface area (Å²) in [6.45, 7) is 19.3. The zero-order valence-corrected chi connectivity index (χ0v) is 49.8. The van der Waals surface area contributed by atoms with E-state index >= 15 is 4.39 Å². The van der Waals surface area contributed by atoms with Gasteiger partial charge < -0.3 is 48.4 Å². The van der Waals surface area contributed by atoms with E-state index < -0.39 is 11.6 Å². The van der Waals surface area contributed by atoms with Gasteiger partial charge in [0.2, 0.25) is 0 Å². The Balaban J connectivity index is 0.000000147. The van der Waals surface area contributed by atoms with Crippen molar-refractivity contribution < 1.29 is 27.6 Å². The lowest BCUT2D eigenvalue weighted by Gasteiger charge is -2.43. The number of aryl methyl sites for hydroxylation is 2. The molecule has 0 radical (unpaired) electrons. The van der Waals surface area contributed by atoms with Crippen molar-refractivity contribution in [2.24, 2.45) is 14.1 Å². The van der Waals surface area contributed by atoms with Gasteiger partial charge in [0.1, 0.15) is 34.6 Å².